The van der Waals surface area contributed by atoms with E-state index in [1.165, 1.54) is 0 Å². The molecular weight excluding hydrogens is 348 g/mol. The number of hydrogen-bond acceptors (Lipinski definition) is 5. The molecule has 7 heteroatoms. The summed E-state index contributed by atoms with van der Waals surface area (Å²) >= 11 is 5.41. The minimum absolute atomic E-state index is 0.249. The zero-order valence-electron chi connectivity index (χ0n) is 15.4. The van der Waals surface area contributed by atoms with Crippen molar-refractivity contribution in [1.82, 2.24) is 15.1 Å². The molecule has 26 heavy (non-hydrogen) atoms. The molecule has 6 nitrogen and oxygen atoms in total. The van der Waals surface area contributed by atoms with E-state index >= 15 is 0 Å². The molecule has 0 atom stereocenters. The summed E-state index contributed by atoms with van der Waals surface area (Å²) < 4.78 is 5.75. The van der Waals surface area contributed by atoms with Crippen molar-refractivity contribution in [3.05, 3.63) is 29.8 Å². The average Bonchev–Trinajstić information content (AvgIpc) is 2.65. The molecule has 140 valence electrons. The first-order valence-electron chi connectivity index (χ1n) is 8.92. The SMILES string of the molecule is CC(C)COc1ccccc1C(=O)NC(=S)N1CCN(CCC#N)CC1. The molecule has 1 amide bonds. The maximum atomic E-state index is 12.6. The van der Waals surface area contributed by atoms with E-state index in [9.17, 15) is 4.79 Å². The van der Waals surface area contributed by atoms with E-state index in [0.717, 1.165) is 32.7 Å². The van der Waals surface area contributed by atoms with Crippen molar-refractivity contribution in [3.8, 4) is 11.8 Å². The summed E-state index contributed by atoms with van der Waals surface area (Å²) in [5.74, 6) is 0.702. The van der Waals surface area contributed by atoms with Crippen LogP contribution in [0.1, 0.15) is 30.6 Å². The van der Waals surface area contributed by atoms with Gasteiger partial charge in [0.1, 0.15) is 5.75 Å². The molecule has 0 bridgehead atoms. The predicted octanol–water partition coefficient (Wildman–Crippen LogP) is 2.27. The molecular formula is C19H26N4O2S. The standard InChI is InChI=1S/C19H26N4O2S/c1-15(2)14-25-17-7-4-3-6-16(17)18(24)21-19(26)23-12-10-22(11-13-23)9-5-8-20/h3-4,6-7,15H,5,9-14H2,1-2H3,(H,21,24,26). The summed E-state index contributed by atoms with van der Waals surface area (Å²) in [4.78, 5) is 16.8. The number of benzene rings is 1. The van der Waals surface area contributed by atoms with Crippen LogP contribution in [0.15, 0.2) is 24.3 Å². The Bertz CT molecular complexity index is 664. The van der Waals surface area contributed by atoms with Gasteiger partial charge in [-0.25, -0.2) is 0 Å². The number of thiocarbonyl (C=S) groups is 1. The van der Waals surface area contributed by atoms with Gasteiger partial charge in [-0.1, -0.05) is 26.0 Å². The Morgan fingerprint density at radius 3 is 2.65 bits per heavy atom. The number of carbonyl (C=O) groups is 1. The third kappa shape index (κ3) is 5.97. The Kier molecular flexibility index (Phi) is 7.82. The van der Waals surface area contributed by atoms with Crippen LogP contribution in [0.4, 0.5) is 0 Å². The number of amides is 1. The van der Waals surface area contributed by atoms with Crippen molar-refractivity contribution in [2.75, 3.05) is 39.3 Å². The Balaban J connectivity index is 1.90. The fraction of sp³-hybridized carbons (Fsp3) is 0.526. The van der Waals surface area contributed by atoms with Gasteiger partial charge in [0.05, 0.1) is 18.2 Å². The number of nitriles is 1. The number of carbonyl (C=O) groups excluding carboxylic acids is 1. The highest BCUT2D eigenvalue weighted by atomic mass is 32.1. The molecule has 0 aromatic heterocycles. The van der Waals surface area contributed by atoms with Crippen LogP contribution in [-0.2, 0) is 0 Å². The fourth-order valence-electron chi connectivity index (χ4n) is 2.66. The summed E-state index contributed by atoms with van der Waals surface area (Å²) in [6.07, 6.45) is 0.536. The van der Waals surface area contributed by atoms with Crippen molar-refractivity contribution in [3.63, 3.8) is 0 Å². The van der Waals surface area contributed by atoms with E-state index in [0.29, 0.717) is 35.4 Å². The van der Waals surface area contributed by atoms with E-state index in [1.807, 2.05) is 17.0 Å². The van der Waals surface area contributed by atoms with Gasteiger partial charge in [0.15, 0.2) is 5.11 Å². The third-order valence-electron chi connectivity index (χ3n) is 4.12. The van der Waals surface area contributed by atoms with Crippen LogP contribution < -0.4 is 10.1 Å². The molecule has 1 aliphatic rings. The second-order valence-corrected chi connectivity index (χ2v) is 7.08. The van der Waals surface area contributed by atoms with Crippen LogP contribution in [0.2, 0.25) is 0 Å². The van der Waals surface area contributed by atoms with Crippen LogP contribution >= 0.6 is 12.2 Å². The zero-order valence-corrected chi connectivity index (χ0v) is 16.2. The second kappa shape index (κ2) is 10.1. The van der Waals surface area contributed by atoms with Crippen molar-refractivity contribution in [1.29, 1.82) is 5.26 Å². The Hall–Kier alpha value is -2.17. The van der Waals surface area contributed by atoms with Gasteiger partial charge in [0, 0.05) is 39.1 Å². The molecule has 1 N–H and O–H groups in total. The number of para-hydroxylation sites is 1. The van der Waals surface area contributed by atoms with E-state index in [4.69, 9.17) is 22.2 Å². The molecule has 0 radical (unpaired) electrons. The zero-order chi connectivity index (χ0) is 18.9. The van der Waals surface area contributed by atoms with Crippen molar-refractivity contribution in [2.45, 2.75) is 20.3 Å². The fourth-order valence-corrected chi connectivity index (χ4v) is 2.94. The predicted molar refractivity (Wildman–Crippen MR) is 105 cm³/mol. The number of nitrogens with zero attached hydrogens (tertiary/aromatic N) is 3. The first-order chi connectivity index (χ1) is 12.5. The molecule has 1 aromatic carbocycles. The quantitative estimate of drug-likeness (QED) is 0.771. The van der Waals surface area contributed by atoms with Gasteiger partial charge in [0.25, 0.3) is 5.91 Å². The summed E-state index contributed by atoms with van der Waals surface area (Å²) in [5.41, 5.74) is 0.489. The van der Waals surface area contributed by atoms with Gasteiger partial charge in [0.2, 0.25) is 0 Å². The Morgan fingerprint density at radius 2 is 2.00 bits per heavy atom. The molecule has 1 aliphatic heterocycles. The molecule has 0 saturated carbocycles. The van der Waals surface area contributed by atoms with Gasteiger partial charge in [-0.05, 0) is 30.3 Å². The highest BCUT2D eigenvalue weighted by Gasteiger charge is 2.21. The van der Waals surface area contributed by atoms with Gasteiger partial charge in [-0.15, -0.1) is 0 Å². The maximum Gasteiger partial charge on any atom is 0.261 e. The number of hydrogen-bond donors (Lipinski definition) is 1. The Morgan fingerprint density at radius 1 is 1.31 bits per heavy atom. The number of piperazine rings is 1. The molecule has 1 aromatic rings. The summed E-state index contributed by atoms with van der Waals surface area (Å²) in [7, 11) is 0. The monoisotopic (exact) mass is 374 g/mol. The summed E-state index contributed by atoms with van der Waals surface area (Å²) in [6.45, 7) is 8.63. The van der Waals surface area contributed by atoms with Crippen molar-refractivity contribution in [2.24, 2.45) is 5.92 Å². The first-order valence-corrected chi connectivity index (χ1v) is 9.33. The van der Waals surface area contributed by atoms with Gasteiger partial charge in [-0.2, -0.15) is 5.26 Å². The Labute approximate surface area is 160 Å². The topological polar surface area (TPSA) is 68.6 Å². The van der Waals surface area contributed by atoms with E-state index < -0.39 is 0 Å². The van der Waals surface area contributed by atoms with Gasteiger partial charge >= 0.3 is 0 Å². The van der Waals surface area contributed by atoms with Crippen LogP contribution in [-0.4, -0.2) is 60.2 Å². The van der Waals surface area contributed by atoms with Crippen molar-refractivity contribution < 1.29 is 9.53 Å². The minimum atomic E-state index is -0.249. The molecule has 0 spiro atoms. The van der Waals surface area contributed by atoms with E-state index in [-0.39, 0.29) is 5.91 Å². The number of nitrogens with one attached hydrogen (secondary N) is 1. The summed E-state index contributed by atoms with van der Waals surface area (Å²) in [5, 5.41) is 11.9. The smallest absolute Gasteiger partial charge is 0.261 e. The lowest BCUT2D eigenvalue weighted by molar-refractivity contribution is 0.0965. The molecule has 1 fully saturated rings. The second-order valence-electron chi connectivity index (χ2n) is 6.70. The molecule has 1 saturated heterocycles. The highest BCUT2D eigenvalue weighted by molar-refractivity contribution is 7.80. The van der Waals surface area contributed by atoms with E-state index in [2.05, 4.69) is 30.1 Å². The maximum absolute atomic E-state index is 12.6. The minimum Gasteiger partial charge on any atom is -0.492 e. The van der Waals surface area contributed by atoms with Gasteiger partial charge < -0.3 is 9.64 Å². The molecule has 2 rings (SSSR count). The molecule has 1 heterocycles. The van der Waals surface area contributed by atoms with Crippen LogP contribution in [0.5, 0.6) is 5.75 Å². The lowest BCUT2D eigenvalue weighted by Crippen LogP contribution is -2.52. The number of ether oxygens (including phenoxy) is 1. The number of rotatable bonds is 6. The third-order valence-corrected chi connectivity index (χ3v) is 4.48. The normalized spacial score (nSPS) is 14.8. The lowest BCUT2D eigenvalue weighted by Gasteiger charge is -2.35. The van der Waals surface area contributed by atoms with Crippen LogP contribution in [0.3, 0.4) is 0 Å². The largest absolute Gasteiger partial charge is 0.492 e. The van der Waals surface area contributed by atoms with Gasteiger partial charge in [-0.3, -0.25) is 15.0 Å². The van der Waals surface area contributed by atoms with Crippen LogP contribution in [0.25, 0.3) is 0 Å². The summed E-state index contributed by atoms with van der Waals surface area (Å²) in [6, 6.07) is 9.38. The molecule has 0 unspecified atom stereocenters. The van der Waals surface area contributed by atoms with Crippen molar-refractivity contribution >= 4 is 23.2 Å². The first kappa shape index (κ1) is 20.1. The average molecular weight is 375 g/mol. The lowest BCUT2D eigenvalue weighted by atomic mass is 10.2. The molecule has 0 aliphatic carbocycles. The van der Waals surface area contributed by atoms with E-state index in [1.54, 1.807) is 12.1 Å². The van der Waals surface area contributed by atoms with Crippen LogP contribution in [0, 0.1) is 17.2 Å². The highest BCUT2D eigenvalue weighted by Crippen LogP contribution is 2.19.